The van der Waals surface area contributed by atoms with Gasteiger partial charge in [-0.25, -0.2) is 0 Å². The summed E-state index contributed by atoms with van der Waals surface area (Å²) in [5.74, 6) is -0.872. The molecule has 0 saturated carbocycles. The van der Waals surface area contributed by atoms with Crippen LogP contribution >= 0.6 is 0 Å². The van der Waals surface area contributed by atoms with Crippen molar-refractivity contribution >= 4 is 23.1 Å². The standard InChI is InChI=1S/C28H27NO5/c1-16-9-8-10-19(14-16)24-23(25(30)20-15-17(2)13-18(3)27(20)34-5)26(31)28(32)29(24)21-11-6-7-12-22(21)33-4/h6-15,24,30H,1-5H3/b25-23+. The van der Waals surface area contributed by atoms with Gasteiger partial charge in [0, 0.05) is 0 Å². The molecule has 0 bridgehead atoms. The summed E-state index contributed by atoms with van der Waals surface area (Å²) in [7, 11) is 3.03. The molecular formula is C28H27NO5. The number of nitrogens with zero attached hydrogens (tertiary/aromatic N) is 1. The van der Waals surface area contributed by atoms with Gasteiger partial charge in [0.25, 0.3) is 11.7 Å². The lowest BCUT2D eigenvalue weighted by atomic mass is 9.93. The number of anilines is 1. The first-order valence-electron chi connectivity index (χ1n) is 10.9. The van der Waals surface area contributed by atoms with Crippen LogP contribution in [0.1, 0.15) is 33.9 Å². The number of benzene rings is 3. The zero-order chi connectivity index (χ0) is 24.6. The zero-order valence-electron chi connectivity index (χ0n) is 19.9. The number of ether oxygens (including phenoxy) is 2. The lowest BCUT2D eigenvalue weighted by Gasteiger charge is -2.27. The fourth-order valence-corrected chi connectivity index (χ4v) is 4.61. The maximum absolute atomic E-state index is 13.5. The molecule has 1 fully saturated rings. The van der Waals surface area contributed by atoms with Gasteiger partial charge in [-0.1, -0.05) is 48.0 Å². The van der Waals surface area contributed by atoms with E-state index in [1.165, 1.54) is 19.1 Å². The van der Waals surface area contributed by atoms with Gasteiger partial charge in [-0.2, -0.15) is 0 Å². The first kappa shape index (κ1) is 23.1. The Morgan fingerprint density at radius 1 is 0.882 bits per heavy atom. The van der Waals surface area contributed by atoms with Crippen molar-refractivity contribution in [1.82, 2.24) is 0 Å². The van der Waals surface area contributed by atoms with Crippen LogP contribution in [0, 0.1) is 20.8 Å². The maximum atomic E-state index is 13.5. The maximum Gasteiger partial charge on any atom is 0.300 e. The fraction of sp³-hybridized carbons (Fsp3) is 0.214. The normalized spacial score (nSPS) is 17.2. The van der Waals surface area contributed by atoms with E-state index < -0.39 is 17.7 Å². The van der Waals surface area contributed by atoms with E-state index in [-0.39, 0.29) is 11.3 Å². The highest BCUT2D eigenvalue weighted by molar-refractivity contribution is 6.52. The molecule has 1 atom stereocenters. The molecule has 1 unspecified atom stereocenters. The van der Waals surface area contributed by atoms with Crippen LogP contribution in [0.2, 0.25) is 0 Å². The van der Waals surface area contributed by atoms with Crippen molar-refractivity contribution in [2.24, 2.45) is 0 Å². The van der Waals surface area contributed by atoms with Crippen LogP contribution in [0.5, 0.6) is 11.5 Å². The molecule has 174 valence electrons. The Hall–Kier alpha value is -4.06. The van der Waals surface area contributed by atoms with Crippen LogP contribution in [0.25, 0.3) is 5.76 Å². The molecule has 1 amide bonds. The molecule has 1 heterocycles. The highest BCUT2D eigenvalue weighted by atomic mass is 16.5. The summed E-state index contributed by atoms with van der Waals surface area (Å²) in [6.07, 6.45) is 0. The third-order valence-electron chi connectivity index (χ3n) is 6.03. The lowest BCUT2D eigenvalue weighted by molar-refractivity contribution is -0.132. The van der Waals surface area contributed by atoms with E-state index in [2.05, 4.69) is 0 Å². The number of aliphatic hydroxyl groups excluding tert-OH is 1. The Labute approximate surface area is 199 Å². The van der Waals surface area contributed by atoms with Gasteiger partial charge in [-0.05, 0) is 55.7 Å². The second-order valence-electron chi connectivity index (χ2n) is 8.42. The Morgan fingerprint density at radius 2 is 1.62 bits per heavy atom. The SMILES string of the molecule is COc1ccccc1N1C(=O)C(=O)/C(=C(/O)c2cc(C)cc(C)c2OC)C1c1cccc(C)c1. The molecule has 6 nitrogen and oxygen atoms in total. The van der Waals surface area contributed by atoms with Gasteiger partial charge in [0.05, 0.1) is 37.1 Å². The number of rotatable bonds is 5. The number of para-hydroxylation sites is 2. The Balaban J connectivity index is 2.04. The van der Waals surface area contributed by atoms with Crippen molar-refractivity contribution in [3.63, 3.8) is 0 Å². The van der Waals surface area contributed by atoms with E-state index >= 15 is 0 Å². The van der Waals surface area contributed by atoms with Crippen molar-refractivity contribution in [1.29, 1.82) is 0 Å². The minimum absolute atomic E-state index is 0.00445. The second kappa shape index (κ2) is 9.06. The summed E-state index contributed by atoms with van der Waals surface area (Å²) in [4.78, 5) is 28.3. The molecule has 1 N–H and O–H groups in total. The Morgan fingerprint density at radius 3 is 2.29 bits per heavy atom. The van der Waals surface area contributed by atoms with E-state index in [4.69, 9.17) is 9.47 Å². The average molecular weight is 458 g/mol. The monoisotopic (exact) mass is 457 g/mol. The van der Waals surface area contributed by atoms with Crippen molar-refractivity contribution in [3.05, 3.63) is 94.1 Å². The van der Waals surface area contributed by atoms with E-state index in [1.54, 1.807) is 30.3 Å². The topological polar surface area (TPSA) is 76.1 Å². The van der Waals surface area contributed by atoms with Crippen molar-refractivity contribution in [2.75, 3.05) is 19.1 Å². The fourth-order valence-electron chi connectivity index (χ4n) is 4.61. The summed E-state index contributed by atoms with van der Waals surface area (Å²) < 4.78 is 11.1. The van der Waals surface area contributed by atoms with Crippen LogP contribution in [0.3, 0.4) is 0 Å². The van der Waals surface area contributed by atoms with Gasteiger partial charge in [0.15, 0.2) is 0 Å². The molecule has 3 aromatic rings. The number of carbonyl (C=O) groups excluding carboxylic acids is 2. The Kier molecular flexibility index (Phi) is 6.16. The van der Waals surface area contributed by atoms with Crippen LogP contribution < -0.4 is 14.4 Å². The summed E-state index contributed by atoms with van der Waals surface area (Å²) >= 11 is 0. The van der Waals surface area contributed by atoms with Crippen LogP contribution in [0.15, 0.2) is 66.2 Å². The molecule has 3 aromatic carbocycles. The first-order chi connectivity index (χ1) is 16.3. The Bertz CT molecular complexity index is 1320. The number of Topliss-reactive ketones (excluding diaryl/α,β-unsaturated/α-hetero) is 1. The van der Waals surface area contributed by atoms with Gasteiger partial charge in [-0.15, -0.1) is 0 Å². The van der Waals surface area contributed by atoms with E-state index in [9.17, 15) is 14.7 Å². The number of hydrogen-bond acceptors (Lipinski definition) is 5. The predicted molar refractivity (Wildman–Crippen MR) is 131 cm³/mol. The van der Waals surface area contributed by atoms with Crippen LogP contribution in [-0.2, 0) is 9.59 Å². The smallest absolute Gasteiger partial charge is 0.300 e. The van der Waals surface area contributed by atoms with Crippen molar-refractivity contribution in [2.45, 2.75) is 26.8 Å². The summed E-state index contributed by atoms with van der Waals surface area (Å²) in [6, 6.07) is 17.4. The first-order valence-corrected chi connectivity index (χ1v) is 10.9. The molecular weight excluding hydrogens is 430 g/mol. The molecule has 1 aliphatic heterocycles. The minimum atomic E-state index is -0.846. The summed E-state index contributed by atoms with van der Waals surface area (Å²) in [5.41, 5.74) is 4.20. The molecule has 0 aliphatic carbocycles. The number of amides is 1. The molecule has 0 spiro atoms. The minimum Gasteiger partial charge on any atom is -0.507 e. The molecule has 6 heteroatoms. The molecule has 0 radical (unpaired) electrons. The van der Waals surface area contributed by atoms with Crippen molar-refractivity contribution < 1.29 is 24.2 Å². The van der Waals surface area contributed by atoms with Gasteiger partial charge < -0.3 is 14.6 Å². The summed E-state index contributed by atoms with van der Waals surface area (Å²) in [6.45, 7) is 5.70. The van der Waals surface area contributed by atoms with Gasteiger partial charge >= 0.3 is 0 Å². The summed E-state index contributed by atoms with van der Waals surface area (Å²) in [5, 5.41) is 11.5. The van der Waals surface area contributed by atoms with Crippen LogP contribution in [-0.4, -0.2) is 31.0 Å². The number of hydrogen-bond donors (Lipinski definition) is 1. The van der Waals surface area contributed by atoms with E-state index in [0.29, 0.717) is 28.3 Å². The van der Waals surface area contributed by atoms with Gasteiger partial charge in [0.1, 0.15) is 17.3 Å². The number of aryl methyl sites for hydroxylation is 3. The highest BCUT2D eigenvalue weighted by Crippen LogP contribution is 2.46. The molecule has 0 aromatic heterocycles. The third kappa shape index (κ3) is 3.81. The second-order valence-corrected chi connectivity index (χ2v) is 8.42. The number of carbonyl (C=O) groups is 2. The predicted octanol–water partition coefficient (Wildman–Crippen LogP) is 5.26. The largest absolute Gasteiger partial charge is 0.507 e. The molecule has 1 aliphatic rings. The van der Waals surface area contributed by atoms with Gasteiger partial charge in [0.2, 0.25) is 0 Å². The van der Waals surface area contributed by atoms with Crippen molar-refractivity contribution in [3.8, 4) is 11.5 Å². The number of aliphatic hydroxyl groups is 1. The average Bonchev–Trinajstić information content (AvgIpc) is 3.08. The zero-order valence-corrected chi connectivity index (χ0v) is 19.9. The number of ketones is 1. The quantitative estimate of drug-likeness (QED) is 0.322. The third-order valence-corrected chi connectivity index (χ3v) is 6.03. The molecule has 1 saturated heterocycles. The highest BCUT2D eigenvalue weighted by Gasteiger charge is 2.48. The lowest BCUT2D eigenvalue weighted by Crippen LogP contribution is -2.29. The van der Waals surface area contributed by atoms with Crippen LogP contribution in [0.4, 0.5) is 5.69 Å². The molecule has 4 rings (SSSR count). The van der Waals surface area contributed by atoms with E-state index in [1.807, 2.05) is 51.1 Å². The van der Waals surface area contributed by atoms with E-state index in [0.717, 1.165) is 16.7 Å². The number of methoxy groups -OCH3 is 2. The van der Waals surface area contributed by atoms with Gasteiger partial charge in [-0.3, -0.25) is 14.5 Å². The molecule has 34 heavy (non-hydrogen) atoms.